The average molecular weight is 433 g/mol. The summed E-state index contributed by atoms with van der Waals surface area (Å²) < 4.78 is 11.1. The largest absolute Gasteiger partial charge is 0.497 e. The van der Waals surface area contributed by atoms with Gasteiger partial charge in [-0.3, -0.25) is 0 Å². The van der Waals surface area contributed by atoms with Crippen LogP contribution in [0, 0.1) is 5.41 Å². The monoisotopic (exact) mass is 433 g/mol. The van der Waals surface area contributed by atoms with E-state index < -0.39 is 0 Å². The fraction of sp³-hybridized carbons (Fsp3) is 0.588. The lowest BCUT2D eigenvalue weighted by Gasteiger charge is -2.50. The van der Waals surface area contributed by atoms with Crippen LogP contribution in [-0.4, -0.2) is 31.3 Å². The first-order valence-corrected chi connectivity index (χ1v) is 7.72. The van der Waals surface area contributed by atoms with Crippen LogP contribution in [0.2, 0.25) is 0 Å². The summed E-state index contributed by atoms with van der Waals surface area (Å²) in [4.78, 5) is 4.61. The molecular formula is C17H28IN3O2. The van der Waals surface area contributed by atoms with Crippen molar-refractivity contribution in [2.75, 3.05) is 12.4 Å². The topological polar surface area (TPSA) is 68.9 Å². The molecule has 0 radical (unpaired) electrons. The molecule has 2 unspecified atom stereocenters. The predicted molar refractivity (Wildman–Crippen MR) is 106 cm³/mol. The molecule has 0 aromatic heterocycles. The number of benzene rings is 1. The first-order valence-electron chi connectivity index (χ1n) is 7.72. The summed E-state index contributed by atoms with van der Waals surface area (Å²) in [5.74, 6) is 1.21. The number of aliphatic imine (C=N–C) groups is 1. The summed E-state index contributed by atoms with van der Waals surface area (Å²) in [6, 6.07) is 7.80. The number of anilines is 1. The SMILES string of the molecule is COc1cccc(NC(N)=NC2CC(OC(C)C)C2(C)C)c1.I. The Kier molecular flexibility index (Phi) is 7.13. The number of rotatable bonds is 5. The van der Waals surface area contributed by atoms with Crippen molar-refractivity contribution < 1.29 is 9.47 Å². The quantitative estimate of drug-likeness (QED) is 0.423. The van der Waals surface area contributed by atoms with Crippen molar-refractivity contribution in [3.8, 4) is 5.75 Å². The molecule has 3 N–H and O–H groups in total. The smallest absolute Gasteiger partial charge is 0.193 e. The van der Waals surface area contributed by atoms with Crippen LogP contribution in [0.25, 0.3) is 0 Å². The molecule has 0 amide bonds. The van der Waals surface area contributed by atoms with Gasteiger partial charge in [0.2, 0.25) is 0 Å². The molecule has 0 spiro atoms. The molecule has 2 atom stereocenters. The van der Waals surface area contributed by atoms with E-state index in [9.17, 15) is 0 Å². The standard InChI is InChI=1S/C17H27N3O2.HI/c1-11(2)22-15-10-14(17(15,3)4)20-16(18)19-12-7-6-8-13(9-12)21-5;/h6-9,11,14-15H,10H2,1-5H3,(H3,18,19,20);1H. The molecule has 1 aliphatic carbocycles. The van der Waals surface area contributed by atoms with E-state index in [1.807, 2.05) is 24.3 Å². The number of hydrogen-bond donors (Lipinski definition) is 2. The van der Waals surface area contributed by atoms with Crippen LogP contribution in [0.5, 0.6) is 5.75 Å². The molecule has 1 aromatic rings. The van der Waals surface area contributed by atoms with Crippen LogP contribution >= 0.6 is 24.0 Å². The molecular weight excluding hydrogens is 405 g/mol. The number of hydrogen-bond acceptors (Lipinski definition) is 3. The molecule has 1 fully saturated rings. The van der Waals surface area contributed by atoms with Gasteiger partial charge in [-0.2, -0.15) is 0 Å². The van der Waals surface area contributed by atoms with Crippen molar-refractivity contribution in [3.05, 3.63) is 24.3 Å². The number of nitrogens with two attached hydrogens (primary N) is 1. The highest BCUT2D eigenvalue weighted by atomic mass is 127. The Labute approximate surface area is 156 Å². The van der Waals surface area contributed by atoms with Gasteiger partial charge in [-0.1, -0.05) is 19.9 Å². The lowest BCUT2D eigenvalue weighted by Crippen LogP contribution is -2.55. The minimum Gasteiger partial charge on any atom is -0.497 e. The highest BCUT2D eigenvalue weighted by molar-refractivity contribution is 14.0. The zero-order valence-corrected chi connectivity index (χ0v) is 16.8. The normalized spacial score (nSPS) is 23.0. The van der Waals surface area contributed by atoms with Gasteiger partial charge in [0.15, 0.2) is 5.96 Å². The minimum absolute atomic E-state index is 0. The van der Waals surface area contributed by atoms with Crippen molar-refractivity contribution >= 4 is 35.6 Å². The molecule has 6 heteroatoms. The number of nitrogens with zero attached hydrogens (tertiary/aromatic N) is 1. The van der Waals surface area contributed by atoms with Gasteiger partial charge in [0.05, 0.1) is 25.4 Å². The fourth-order valence-electron chi connectivity index (χ4n) is 2.69. The number of guanidine groups is 1. The minimum atomic E-state index is 0. The molecule has 1 saturated carbocycles. The second-order valence-corrected chi connectivity index (χ2v) is 6.62. The van der Waals surface area contributed by atoms with E-state index in [2.05, 4.69) is 38.0 Å². The maximum Gasteiger partial charge on any atom is 0.193 e. The van der Waals surface area contributed by atoms with Gasteiger partial charge in [0, 0.05) is 17.2 Å². The molecule has 5 nitrogen and oxygen atoms in total. The van der Waals surface area contributed by atoms with E-state index in [0.717, 1.165) is 17.9 Å². The summed E-state index contributed by atoms with van der Waals surface area (Å²) in [6.07, 6.45) is 1.39. The van der Waals surface area contributed by atoms with E-state index in [0.29, 0.717) is 5.96 Å². The third-order valence-electron chi connectivity index (χ3n) is 4.20. The van der Waals surface area contributed by atoms with E-state index in [1.165, 1.54) is 0 Å². The molecule has 1 aliphatic rings. The van der Waals surface area contributed by atoms with E-state index in [-0.39, 0.29) is 47.6 Å². The van der Waals surface area contributed by atoms with Crippen molar-refractivity contribution in [2.45, 2.75) is 52.4 Å². The van der Waals surface area contributed by atoms with Crippen molar-refractivity contribution in [1.82, 2.24) is 0 Å². The predicted octanol–water partition coefficient (Wildman–Crippen LogP) is 3.63. The van der Waals surface area contributed by atoms with Crippen LogP contribution < -0.4 is 15.8 Å². The molecule has 0 aliphatic heterocycles. The highest BCUT2D eigenvalue weighted by Crippen LogP contribution is 2.45. The van der Waals surface area contributed by atoms with Gasteiger partial charge < -0.3 is 20.5 Å². The van der Waals surface area contributed by atoms with Crippen molar-refractivity contribution in [1.29, 1.82) is 0 Å². The van der Waals surface area contributed by atoms with Crippen LogP contribution in [-0.2, 0) is 4.74 Å². The Morgan fingerprint density at radius 1 is 1.39 bits per heavy atom. The first kappa shape index (κ1) is 20.0. The first-order chi connectivity index (χ1) is 10.3. The van der Waals surface area contributed by atoms with E-state index in [4.69, 9.17) is 15.2 Å². The maximum atomic E-state index is 6.03. The summed E-state index contributed by atoms with van der Waals surface area (Å²) >= 11 is 0. The zero-order valence-electron chi connectivity index (χ0n) is 14.5. The van der Waals surface area contributed by atoms with Crippen LogP contribution in [0.1, 0.15) is 34.1 Å². The Morgan fingerprint density at radius 2 is 2.09 bits per heavy atom. The molecule has 23 heavy (non-hydrogen) atoms. The van der Waals surface area contributed by atoms with Gasteiger partial charge >= 0.3 is 0 Å². The number of halogens is 1. The lowest BCUT2D eigenvalue weighted by atomic mass is 9.64. The van der Waals surface area contributed by atoms with Gasteiger partial charge in [-0.15, -0.1) is 24.0 Å². The van der Waals surface area contributed by atoms with Gasteiger partial charge in [-0.25, -0.2) is 4.99 Å². The maximum absolute atomic E-state index is 6.03. The molecule has 0 bridgehead atoms. The van der Waals surface area contributed by atoms with Gasteiger partial charge in [0.1, 0.15) is 5.75 Å². The van der Waals surface area contributed by atoms with Gasteiger partial charge in [0.25, 0.3) is 0 Å². The summed E-state index contributed by atoms with van der Waals surface area (Å²) in [7, 11) is 1.64. The fourth-order valence-corrected chi connectivity index (χ4v) is 2.69. The van der Waals surface area contributed by atoms with E-state index >= 15 is 0 Å². The van der Waals surface area contributed by atoms with Crippen LogP contribution in [0.4, 0.5) is 5.69 Å². The number of nitrogens with one attached hydrogen (secondary N) is 1. The Hall–Kier alpha value is -1.02. The molecule has 1 aromatic carbocycles. The van der Waals surface area contributed by atoms with Gasteiger partial charge in [-0.05, 0) is 32.4 Å². The Balaban J connectivity index is 0.00000264. The summed E-state index contributed by atoms with van der Waals surface area (Å²) in [6.45, 7) is 8.48. The summed E-state index contributed by atoms with van der Waals surface area (Å²) in [5.41, 5.74) is 6.91. The second-order valence-electron chi connectivity index (χ2n) is 6.62. The zero-order chi connectivity index (χ0) is 16.3. The van der Waals surface area contributed by atoms with E-state index in [1.54, 1.807) is 7.11 Å². The summed E-state index contributed by atoms with van der Waals surface area (Å²) in [5, 5.41) is 3.12. The van der Waals surface area contributed by atoms with Crippen LogP contribution in [0.3, 0.4) is 0 Å². The van der Waals surface area contributed by atoms with Crippen LogP contribution in [0.15, 0.2) is 29.3 Å². The molecule has 2 rings (SSSR count). The molecule has 0 saturated heterocycles. The third kappa shape index (κ3) is 4.97. The average Bonchev–Trinajstić information content (AvgIpc) is 2.46. The Morgan fingerprint density at radius 3 is 2.65 bits per heavy atom. The second kappa shape index (κ2) is 8.19. The molecule has 0 heterocycles. The molecule has 130 valence electrons. The highest BCUT2D eigenvalue weighted by Gasteiger charge is 2.49. The third-order valence-corrected chi connectivity index (χ3v) is 4.20. The van der Waals surface area contributed by atoms with Crippen molar-refractivity contribution in [3.63, 3.8) is 0 Å². The number of ether oxygens (including phenoxy) is 2. The van der Waals surface area contributed by atoms with Crippen molar-refractivity contribution in [2.24, 2.45) is 16.1 Å². The Bertz CT molecular complexity index is 546. The lowest BCUT2D eigenvalue weighted by molar-refractivity contribution is -0.129. The number of methoxy groups -OCH3 is 1.